The van der Waals surface area contributed by atoms with E-state index >= 15 is 0 Å². The molecule has 2 atom stereocenters. The van der Waals surface area contributed by atoms with E-state index in [0.717, 1.165) is 31.7 Å². The lowest BCUT2D eigenvalue weighted by atomic mass is 9.92. The Morgan fingerprint density at radius 3 is 2.74 bits per heavy atom. The van der Waals surface area contributed by atoms with Gasteiger partial charge in [0.05, 0.1) is 17.7 Å². The third kappa shape index (κ3) is 3.40. The van der Waals surface area contributed by atoms with Gasteiger partial charge in [-0.1, -0.05) is 24.4 Å². The Labute approximate surface area is 160 Å². The van der Waals surface area contributed by atoms with Crippen LogP contribution < -0.4 is 5.32 Å². The summed E-state index contributed by atoms with van der Waals surface area (Å²) >= 11 is 5.80. The van der Waals surface area contributed by atoms with Gasteiger partial charge in [0.2, 0.25) is 0 Å². The molecule has 3 N–H and O–H groups in total. The maximum atomic E-state index is 14.5. The minimum absolute atomic E-state index is 0.0626. The smallest absolute Gasteiger partial charge is 0.158 e. The summed E-state index contributed by atoms with van der Waals surface area (Å²) in [7, 11) is 0. The summed E-state index contributed by atoms with van der Waals surface area (Å²) in [5, 5.41) is 33.3. The highest BCUT2D eigenvalue weighted by atomic mass is 35.5. The number of pyridine rings is 1. The second-order valence-electron chi connectivity index (χ2n) is 6.70. The van der Waals surface area contributed by atoms with Crippen molar-refractivity contribution in [2.45, 2.75) is 37.8 Å². The van der Waals surface area contributed by atoms with Crippen molar-refractivity contribution in [1.82, 2.24) is 15.2 Å². The zero-order chi connectivity index (χ0) is 19.0. The fourth-order valence-electron chi connectivity index (χ4n) is 3.54. The van der Waals surface area contributed by atoms with Gasteiger partial charge in [-0.15, -0.1) is 10.2 Å². The monoisotopic (exact) mass is 388 g/mol. The van der Waals surface area contributed by atoms with Crippen LogP contribution in [0.4, 0.5) is 10.2 Å². The van der Waals surface area contributed by atoms with Crippen LogP contribution >= 0.6 is 11.6 Å². The zero-order valence-corrected chi connectivity index (χ0v) is 15.1. The molecule has 140 valence electrons. The van der Waals surface area contributed by atoms with E-state index in [-0.39, 0.29) is 28.1 Å². The first-order valence-corrected chi connectivity index (χ1v) is 9.16. The van der Waals surface area contributed by atoms with E-state index in [0.29, 0.717) is 16.6 Å². The zero-order valence-electron chi connectivity index (χ0n) is 14.4. The lowest BCUT2D eigenvalue weighted by molar-refractivity contribution is 0.116. The molecule has 27 heavy (non-hydrogen) atoms. The maximum absolute atomic E-state index is 14.5. The number of aliphatic hydroxyl groups excluding tert-OH is 1. The summed E-state index contributed by atoms with van der Waals surface area (Å²) in [4.78, 5) is 4.13. The number of nitrogens with one attached hydrogen (secondary N) is 1. The van der Waals surface area contributed by atoms with Crippen LogP contribution in [-0.2, 0) is 0 Å². The molecule has 2 aromatic heterocycles. The van der Waals surface area contributed by atoms with E-state index in [9.17, 15) is 14.6 Å². The van der Waals surface area contributed by atoms with Crippen molar-refractivity contribution in [3.05, 3.63) is 41.4 Å². The standard InChI is InChI=1S/C19H18ClFN4O2/c20-10-7-13(21)17(16(27)8-10)18-11-5-6-22-9-12(11)19(25-24-18)23-14-3-1-2-4-15(14)26/h5-9,14-15,26-27H,1-4H2,(H,23,25)/t14-,15+/m1/s1. The van der Waals surface area contributed by atoms with E-state index in [1.165, 1.54) is 6.07 Å². The van der Waals surface area contributed by atoms with E-state index in [1.54, 1.807) is 18.5 Å². The summed E-state index contributed by atoms with van der Waals surface area (Å²) in [6, 6.07) is 3.95. The predicted octanol–water partition coefficient (Wildman–Crippen LogP) is 3.91. The number of nitrogens with zero attached hydrogens (tertiary/aromatic N) is 3. The number of halogens is 2. The van der Waals surface area contributed by atoms with Crippen molar-refractivity contribution in [3.8, 4) is 17.0 Å². The molecule has 0 aliphatic heterocycles. The van der Waals surface area contributed by atoms with Crippen molar-refractivity contribution >= 4 is 28.2 Å². The minimum atomic E-state index is -0.684. The van der Waals surface area contributed by atoms with Gasteiger partial charge in [-0.25, -0.2) is 4.39 Å². The van der Waals surface area contributed by atoms with Gasteiger partial charge in [0.25, 0.3) is 0 Å². The Morgan fingerprint density at radius 1 is 1.15 bits per heavy atom. The Morgan fingerprint density at radius 2 is 1.96 bits per heavy atom. The predicted molar refractivity (Wildman–Crippen MR) is 101 cm³/mol. The van der Waals surface area contributed by atoms with Crippen LogP contribution in [0.1, 0.15) is 25.7 Å². The Bertz CT molecular complexity index is 978. The number of aromatic nitrogens is 3. The molecule has 0 radical (unpaired) electrons. The van der Waals surface area contributed by atoms with Crippen LogP contribution in [0.15, 0.2) is 30.6 Å². The number of rotatable bonds is 3. The Hall–Kier alpha value is -2.51. The minimum Gasteiger partial charge on any atom is -0.507 e. The van der Waals surface area contributed by atoms with Crippen LogP contribution in [0, 0.1) is 5.82 Å². The van der Waals surface area contributed by atoms with Crippen LogP contribution in [0.2, 0.25) is 5.02 Å². The molecule has 0 spiro atoms. The number of hydrogen-bond acceptors (Lipinski definition) is 6. The van der Waals surface area contributed by atoms with E-state index in [1.807, 2.05) is 0 Å². The lowest BCUT2D eigenvalue weighted by Crippen LogP contribution is -2.36. The molecule has 2 heterocycles. The van der Waals surface area contributed by atoms with Crippen molar-refractivity contribution in [2.75, 3.05) is 5.32 Å². The molecule has 0 saturated heterocycles. The van der Waals surface area contributed by atoms with Crippen LogP contribution in [0.25, 0.3) is 22.0 Å². The highest BCUT2D eigenvalue weighted by molar-refractivity contribution is 6.30. The normalized spacial score (nSPS) is 20.0. The molecule has 3 aromatic rings. The lowest BCUT2D eigenvalue weighted by Gasteiger charge is -2.29. The average molecular weight is 389 g/mol. The van der Waals surface area contributed by atoms with Crippen LogP contribution in [-0.4, -0.2) is 37.5 Å². The van der Waals surface area contributed by atoms with Gasteiger partial charge >= 0.3 is 0 Å². The molecule has 4 rings (SSSR count). The third-order valence-corrected chi connectivity index (χ3v) is 5.12. The average Bonchev–Trinajstić information content (AvgIpc) is 2.64. The summed E-state index contributed by atoms with van der Waals surface area (Å²) in [5.74, 6) is -0.520. The Balaban J connectivity index is 1.82. The molecule has 6 nitrogen and oxygen atoms in total. The quantitative estimate of drug-likeness (QED) is 0.630. The number of anilines is 1. The van der Waals surface area contributed by atoms with Crippen molar-refractivity contribution in [1.29, 1.82) is 0 Å². The van der Waals surface area contributed by atoms with Crippen molar-refractivity contribution in [2.24, 2.45) is 0 Å². The van der Waals surface area contributed by atoms with Gasteiger partial charge in [0, 0.05) is 28.2 Å². The second-order valence-corrected chi connectivity index (χ2v) is 7.14. The van der Waals surface area contributed by atoms with Gasteiger partial charge in [-0.05, 0) is 31.0 Å². The van der Waals surface area contributed by atoms with Gasteiger partial charge in [0.1, 0.15) is 17.3 Å². The first kappa shape index (κ1) is 17.9. The molecule has 0 amide bonds. The first-order chi connectivity index (χ1) is 13.0. The molecule has 0 bridgehead atoms. The largest absolute Gasteiger partial charge is 0.507 e. The molecule has 1 aliphatic carbocycles. The number of aliphatic hydroxyl groups is 1. The summed E-state index contributed by atoms with van der Waals surface area (Å²) in [6.07, 6.45) is 6.32. The summed E-state index contributed by atoms with van der Waals surface area (Å²) < 4.78 is 14.5. The summed E-state index contributed by atoms with van der Waals surface area (Å²) in [5.41, 5.74) is 0.140. The van der Waals surface area contributed by atoms with Gasteiger partial charge in [-0.2, -0.15) is 0 Å². The van der Waals surface area contributed by atoms with Crippen LogP contribution in [0.5, 0.6) is 5.75 Å². The Kier molecular flexibility index (Phi) is 4.80. The number of phenolic OH excluding ortho intramolecular Hbond substituents is 1. The molecular formula is C19H18ClFN4O2. The SMILES string of the molecule is Oc1cc(Cl)cc(F)c1-c1nnc(N[C@@H]2CCCC[C@@H]2O)c2cnccc12. The van der Waals surface area contributed by atoms with Gasteiger partial charge in [0.15, 0.2) is 5.82 Å². The highest BCUT2D eigenvalue weighted by Gasteiger charge is 2.25. The molecule has 1 aliphatic rings. The fourth-order valence-corrected chi connectivity index (χ4v) is 3.74. The van der Waals surface area contributed by atoms with Crippen molar-refractivity contribution < 1.29 is 14.6 Å². The molecule has 1 fully saturated rings. The fraction of sp³-hybridized carbons (Fsp3) is 0.316. The van der Waals surface area contributed by atoms with E-state index in [2.05, 4.69) is 20.5 Å². The maximum Gasteiger partial charge on any atom is 0.158 e. The molecule has 1 aromatic carbocycles. The number of aromatic hydroxyl groups is 1. The topological polar surface area (TPSA) is 91.2 Å². The third-order valence-electron chi connectivity index (χ3n) is 4.90. The van der Waals surface area contributed by atoms with E-state index in [4.69, 9.17) is 11.6 Å². The van der Waals surface area contributed by atoms with E-state index < -0.39 is 11.9 Å². The molecule has 8 heteroatoms. The van der Waals surface area contributed by atoms with Gasteiger partial charge in [-0.3, -0.25) is 4.98 Å². The number of fused-ring (bicyclic) bond motifs is 1. The van der Waals surface area contributed by atoms with Gasteiger partial charge < -0.3 is 15.5 Å². The first-order valence-electron chi connectivity index (χ1n) is 8.78. The highest BCUT2D eigenvalue weighted by Crippen LogP contribution is 2.38. The molecule has 0 unspecified atom stereocenters. The van der Waals surface area contributed by atoms with Crippen LogP contribution in [0.3, 0.4) is 0 Å². The second kappa shape index (κ2) is 7.25. The summed E-state index contributed by atoms with van der Waals surface area (Å²) in [6.45, 7) is 0. The van der Waals surface area contributed by atoms with Crippen molar-refractivity contribution in [3.63, 3.8) is 0 Å². The number of hydrogen-bond donors (Lipinski definition) is 3. The number of phenols is 1. The molecule has 1 saturated carbocycles. The molecular weight excluding hydrogens is 371 g/mol. The number of benzene rings is 1.